The molecule has 5 heteroatoms. The van der Waals surface area contributed by atoms with E-state index < -0.39 is 5.97 Å². The van der Waals surface area contributed by atoms with Gasteiger partial charge in [0.15, 0.2) is 11.5 Å². The third-order valence-electron chi connectivity index (χ3n) is 3.82. The fourth-order valence-corrected chi connectivity index (χ4v) is 2.41. The number of carbonyl (C=O) groups is 1. The van der Waals surface area contributed by atoms with Crippen LogP contribution in [0.25, 0.3) is 6.08 Å². The fourth-order valence-electron chi connectivity index (χ4n) is 2.41. The number of ether oxygens (including phenoxy) is 2. The highest BCUT2D eigenvalue weighted by Crippen LogP contribution is 2.28. The van der Waals surface area contributed by atoms with Crippen molar-refractivity contribution < 1.29 is 19.4 Å². The SMILES string of the molecule is COc1cc(/C=N/c2ccc(O)cc2)ccc1OC(=O)C=Cc1ccccc1. The Balaban J connectivity index is 1.69. The van der Waals surface area contributed by atoms with Gasteiger partial charge in [-0.3, -0.25) is 4.99 Å². The molecule has 0 unspecified atom stereocenters. The second-order valence-electron chi connectivity index (χ2n) is 5.85. The van der Waals surface area contributed by atoms with Crippen LogP contribution < -0.4 is 9.47 Å². The molecule has 0 heterocycles. The third-order valence-corrected chi connectivity index (χ3v) is 3.82. The minimum atomic E-state index is -0.493. The summed E-state index contributed by atoms with van der Waals surface area (Å²) in [6.07, 6.45) is 4.72. The van der Waals surface area contributed by atoms with Crippen LogP contribution in [0.4, 0.5) is 5.69 Å². The number of hydrogen-bond donors (Lipinski definition) is 1. The van der Waals surface area contributed by atoms with E-state index in [1.807, 2.05) is 30.3 Å². The van der Waals surface area contributed by atoms with E-state index in [1.54, 1.807) is 54.8 Å². The van der Waals surface area contributed by atoms with Crippen LogP contribution in [0.2, 0.25) is 0 Å². The van der Waals surface area contributed by atoms with Gasteiger partial charge in [0.2, 0.25) is 0 Å². The first-order valence-corrected chi connectivity index (χ1v) is 8.60. The zero-order valence-electron chi connectivity index (χ0n) is 15.3. The van der Waals surface area contributed by atoms with E-state index >= 15 is 0 Å². The predicted octanol–water partition coefficient (Wildman–Crippen LogP) is 4.77. The molecule has 0 radical (unpaired) electrons. The molecule has 0 aromatic heterocycles. The van der Waals surface area contributed by atoms with Crippen molar-refractivity contribution in [2.24, 2.45) is 4.99 Å². The zero-order valence-corrected chi connectivity index (χ0v) is 15.3. The quantitative estimate of drug-likeness (QED) is 0.292. The van der Waals surface area contributed by atoms with Gasteiger partial charge in [-0.2, -0.15) is 0 Å². The number of esters is 1. The van der Waals surface area contributed by atoms with Crippen molar-refractivity contribution in [3.05, 3.63) is 90.0 Å². The number of methoxy groups -OCH3 is 1. The molecular formula is C23H19NO4. The Labute approximate surface area is 163 Å². The number of phenols is 1. The van der Waals surface area contributed by atoms with E-state index in [9.17, 15) is 9.90 Å². The molecule has 0 aliphatic carbocycles. The molecule has 5 nitrogen and oxygen atoms in total. The summed E-state index contributed by atoms with van der Waals surface area (Å²) in [6.45, 7) is 0. The number of carbonyl (C=O) groups excluding carboxylic acids is 1. The molecule has 0 fully saturated rings. The van der Waals surface area contributed by atoms with Gasteiger partial charge in [0, 0.05) is 12.3 Å². The number of aromatic hydroxyl groups is 1. The van der Waals surface area contributed by atoms with Gasteiger partial charge in [0.1, 0.15) is 5.75 Å². The second-order valence-corrected chi connectivity index (χ2v) is 5.85. The summed E-state index contributed by atoms with van der Waals surface area (Å²) in [4.78, 5) is 16.4. The maximum atomic E-state index is 12.1. The highest BCUT2D eigenvalue weighted by atomic mass is 16.6. The molecule has 0 bridgehead atoms. The number of hydrogen-bond acceptors (Lipinski definition) is 5. The molecule has 0 atom stereocenters. The first-order chi connectivity index (χ1) is 13.6. The van der Waals surface area contributed by atoms with E-state index in [4.69, 9.17) is 9.47 Å². The van der Waals surface area contributed by atoms with Crippen LogP contribution in [0, 0.1) is 0 Å². The maximum absolute atomic E-state index is 12.1. The lowest BCUT2D eigenvalue weighted by molar-refractivity contribution is -0.129. The third kappa shape index (κ3) is 5.32. The predicted molar refractivity (Wildman–Crippen MR) is 109 cm³/mol. The largest absolute Gasteiger partial charge is 0.508 e. The van der Waals surface area contributed by atoms with Crippen LogP contribution >= 0.6 is 0 Å². The first kappa shape index (κ1) is 18.9. The summed E-state index contributed by atoms with van der Waals surface area (Å²) >= 11 is 0. The number of rotatable bonds is 6. The van der Waals surface area contributed by atoms with Gasteiger partial charge in [0.25, 0.3) is 0 Å². The average molecular weight is 373 g/mol. The molecule has 0 saturated carbocycles. The highest BCUT2D eigenvalue weighted by molar-refractivity contribution is 5.89. The number of phenolic OH excluding ortho intramolecular Hbond substituents is 1. The molecule has 3 rings (SSSR count). The molecular weight excluding hydrogens is 354 g/mol. The lowest BCUT2D eigenvalue weighted by Crippen LogP contribution is -2.05. The van der Waals surface area contributed by atoms with Gasteiger partial charge >= 0.3 is 5.97 Å². The lowest BCUT2D eigenvalue weighted by atomic mass is 10.2. The number of benzene rings is 3. The monoisotopic (exact) mass is 373 g/mol. The maximum Gasteiger partial charge on any atom is 0.336 e. The smallest absolute Gasteiger partial charge is 0.336 e. The molecule has 0 aliphatic heterocycles. The topological polar surface area (TPSA) is 68.1 Å². The number of aliphatic imine (C=N–C) groups is 1. The summed E-state index contributed by atoms with van der Waals surface area (Å²) < 4.78 is 10.7. The van der Waals surface area contributed by atoms with Gasteiger partial charge in [-0.25, -0.2) is 4.79 Å². The molecule has 28 heavy (non-hydrogen) atoms. The van der Waals surface area contributed by atoms with Crippen molar-refractivity contribution in [2.45, 2.75) is 0 Å². The minimum Gasteiger partial charge on any atom is -0.508 e. The minimum absolute atomic E-state index is 0.188. The van der Waals surface area contributed by atoms with Crippen molar-refractivity contribution in [1.29, 1.82) is 0 Å². The summed E-state index contributed by atoms with van der Waals surface area (Å²) in [5, 5.41) is 9.30. The van der Waals surface area contributed by atoms with Crippen LogP contribution in [-0.2, 0) is 4.79 Å². The Morgan fingerprint density at radius 2 is 1.68 bits per heavy atom. The van der Waals surface area contributed by atoms with Gasteiger partial charge in [-0.1, -0.05) is 30.3 Å². The first-order valence-electron chi connectivity index (χ1n) is 8.60. The van der Waals surface area contributed by atoms with Gasteiger partial charge in [-0.15, -0.1) is 0 Å². The van der Waals surface area contributed by atoms with Crippen LogP contribution in [-0.4, -0.2) is 24.4 Å². The van der Waals surface area contributed by atoms with Gasteiger partial charge < -0.3 is 14.6 Å². The molecule has 0 spiro atoms. The Bertz CT molecular complexity index is 993. The van der Waals surface area contributed by atoms with Crippen molar-refractivity contribution in [3.8, 4) is 17.2 Å². The van der Waals surface area contributed by atoms with Gasteiger partial charge in [0.05, 0.1) is 12.8 Å². The second kappa shape index (κ2) is 9.19. The Morgan fingerprint density at radius 3 is 2.39 bits per heavy atom. The lowest BCUT2D eigenvalue weighted by Gasteiger charge is -2.08. The molecule has 3 aromatic carbocycles. The molecule has 0 aliphatic rings. The molecule has 3 aromatic rings. The van der Waals surface area contributed by atoms with Gasteiger partial charge in [-0.05, 0) is 59.7 Å². The Hall–Kier alpha value is -3.86. The molecule has 0 saturated heterocycles. The van der Waals surface area contributed by atoms with Crippen LogP contribution in [0.15, 0.2) is 83.9 Å². The summed E-state index contributed by atoms with van der Waals surface area (Å²) in [5.41, 5.74) is 2.40. The Kier molecular flexibility index (Phi) is 6.21. The van der Waals surface area contributed by atoms with Crippen molar-refractivity contribution in [3.63, 3.8) is 0 Å². The summed E-state index contributed by atoms with van der Waals surface area (Å²) in [6, 6.07) is 21.2. The normalized spacial score (nSPS) is 11.0. The average Bonchev–Trinajstić information content (AvgIpc) is 2.73. The molecule has 140 valence electrons. The molecule has 0 amide bonds. The summed E-state index contributed by atoms with van der Waals surface area (Å²) in [7, 11) is 1.51. The Morgan fingerprint density at radius 1 is 0.929 bits per heavy atom. The summed E-state index contributed by atoms with van der Waals surface area (Å²) in [5.74, 6) is 0.448. The fraction of sp³-hybridized carbons (Fsp3) is 0.0435. The zero-order chi connectivity index (χ0) is 19.8. The van der Waals surface area contributed by atoms with Crippen molar-refractivity contribution in [1.82, 2.24) is 0 Å². The van der Waals surface area contributed by atoms with Crippen LogP contribution in [0.1, 0.15) is 11.1 Å². The van der Waals surface area contributed by atoms with E-state index in [0.717, 1.165) is 11.1 Å². The highest BCUT2D eigenvalue weighted by Gasteiger charge is 2.08. The van der Waals surface area contributed by atoms with Crippen molar-refractivity contribution in [2.75, 3.05) is 7.11 Å². The van der Waals surface area contributed by atoms with E-state index in [0.29, 0.717) is 17.2 Å². The van der Waals surface area contributed by atoms with Crippen LogP contribution in [0.3, 0.4) is 0 Å². The number of nitrogens with zero attached hydrogens (tertiary/aromatic N) is 1. The van der Waals surface area contributed by atoms with E-state index in [2.05, 4.69) is 4.99 Å². The van der Waals surface area contributed by atoms with Crippen molar-refractivity contribution >= 4 is 23.9 Å². The molecule has 1 N–H and O–H groups in total. The van der Waals surface area contributed by atoms with E-state index in [-0.39, 0.29) is 5.75 Å². The van der Waals surface area contributed by atoms with Crippen LogP contribution in [0.5, 0.6) is 17.2 Å². The standard InChI is InChI=1S/C23H19NO4/c1-27-22-15-18(16-24-19-9-11-20(25)12-10-19)7-13-21(22)28-23(26)14-8-17-5-3-2-4-6-17/h2-16,25H,1H3/b14-8?,24-16+. The van der Waals surface area contributed by atoms with E-state index in [1.165, 1.54) is 13.2 Å².